The van der Waals surface area contributed by atoms with Crippen LogP contribution in [-0.4, -0.2) is 55.8 Å². The van der Waals surface area contributed by atoms with Crippen LogP contribution in [0, 0.1) is 0 Å². The number of ether oxygens (including phenoxy) is 1. The number of hydrogen-bond acceptors (Lipinski definition) is 5. The summed E-state index contributed by atoms with van der Waals surface area (Å²) in [6.07, 6.45) is 3.16. The largest absolute Gasteiger partial charge is 0.479 e. The molecule has 0 aromatic carbocycles. The third kappa shape index (κ3) is 4.22. The van der Waals surface area contributed by atoms with Gasteiger partial charge in [-0.25, -0.2) is 14.6 Å². The van der Waals surface area contributed by atoms with Crippen molar-refractivity contribution < 1.29 is 19.4 Å². The van der Waals surface area contributed by atoms with E-state index < -0.39 is 23.2 Å². The Morgan fingerprint density at radius 1 is 1.48 bits per heavy atom. The van der Waals surface area contributed by atoms with Crippen LogP contribution < -0.4 is 5.32 Å². The second-order valence-electron chi connectivity index (χ2n) is 6.93. The molecule has 1 amide bonds. The van der Waals surface area contributed by atoms with Crippen LogP contribution >= 0.6 is 0 Å². The molecule has 2 rings (SSSR count). The molecule has 1 saturated heterocycles. The number of aromatic nitrogens is 2. The van der Waals surface area contributed by atoms with E-state index in [9.17, 15) is 14.7 Å². The molecule has 0 spiro atoms. The lowest BCUT2D eigenvalue weighted by atomic mass is 9.99. The summed E-state index contributed by atoms with van der Waals surface area (Å²) in [5.41, 5.74) is -2.00. The average molecular weight is 324 g/mol. The third-order valence-electron chi connectivity index (χ3n) is 3.78. The number of aryl methyl sites for hydroxylation is 1. The van der Waals surface area contributed by atoms with E-state index in [0.29, 0.717) is 19.5 Å². The molecule has 1 atom stereocenters. The van der Waals surface area contributed by atoms with Gasteiger partial charge in [0.25, 0.3) is 0 Å². The van der Waals surface area contributed by atoms with E-state index in [4.69, 9.17) is 4.74 Å². The number of nitrogens with one attached hydrogen (secondary N) is 1. The van der Waals surface area contributed by atoms with Crippen molar-refractivity contribution in [1.82, 2.24) is 19.8 Å². The Bertz CT molecular complexity index is 593. The molecule has 128 valence electrons. The van der Waals surface area contributed by atoms with Crippen molar-refractivity contribution in [3.05, 3.63) is 18.2 Å². The van der Waals surface area contributed by atoms with Crippen molar-refractivity contribution in [3.63, 3.8) is 0 Å². The molecule has 1 unspecified atom stereocenters. The highest BCUT2D eigenvalue weighted by Gasteiger charge is 2.47. The van der Waals surface area contributed by atoms with Crippen molar-refractivity contribution in [2.45, 2.75) is 44.9 Å². The number of likely N-dealkylation sites (tertiary alicyclic amines) is 1. The summed E-state index contributed by atoms with van der Waals surface area (Å²) in [5.74, 6) is -0.200. The van der Waals surface area contributed by atoms with Gasteiger partial charge in [0.15, 0.2) is 5.54 Å². The quantitative estimate of drug-likeness (QED) is 0.857. The Labute approximate surface area is 135 Å². The van der Waals surface area contributed by atoms with Crippen LogP contribution in [0.1, 0.15) is 33.0 Å². The maximum absolute atomic E-state index is 12.0. The number of carbonyl (C=O) groups is 2. The number of carboxylic acid groups (broad SMARTS) is 1. The zero-order valence-electron chi connectivity index (χ0n) is 14.0. The zero-order valence-corrected chi connectivity index (χ0v) is 14.0. The van der Waals surface area contributed by atoms with E-state index >= 15 is 0 Å². The molecule has 23 heavy (non-hydrogen) atoms. The Morgan fingerprint density at radius 3 is 2.70 bits per heavy atom. The molecule has 0 saturated carbocycles. The van der Waals surface area contributed by atoms with Crippen LogP contribution in [0.25, 0.3) is 0 Å². The van der Waals surface area contributed by atoms with Gasteiger partial charge >= 0.3 is 12.1 Å². The number of aliphatic carboxylic acids is 1. The van der Waals surface area contributed by atoms with E-state index in [1.165, 1.54) is 0 Å². The van der Waals surface area contributed by atoms with Crippen LogP contribution in [0.15, 0.2) is 12.4 Å². The number of nitrogens with zero attached hydrogens (tertiary/aromatic N) is 3. The van der Waals surface area contributed by atoms with Gasteiger partial charge in [-0.1, -0.05) is 0 Å². The van der Waals surface area contributed by atoms with Gasteiger partial charge in [0.05, 0.1) is 6.54 Å². The summed E-state index contributed by atoms with van der Waals surface area (Å²) in [6, 6.07) is 0. The zero-order chi connectivity index (χ0) is 17.3. The first-order valence-corrected chi connectivity index (χ1v) is 7.54. The molecular formula is C15H24N4O4. The van der Waals surface area contributed by atoms with E-state index in [2.05, 4.69) is 10.3 Å². The average Bonchev–Trinajstić information content (AvgIpc) is 2.96. The summed E-state index contributed by atoms with van der Waals surface area (Å²) in [4.78, 5) is 29.9. The topological polar surface area (TPSA) is 96.7 Å². The highest BCUT2D eigenvalue weighted by atomic mass is 16.6. The Morgan fingerprint density at radius 2 is 2.17 bits per heavy atom. The first-order chi connectivity index (χ1) is 10.6. The van der Waals surface area contributed by atoms with Crippen LogP contribution in [0.2, 0.25) is 0 Å². The van der Waals surface area contributed by atoms with Crippen molar-refractivity contribution in [1.29, 1.82) is 0 Å². The van der Waals surface area contributed by atoms with Gasteiger partial charge < -0.3 is 19.7 Å². The highest BCUT2D eigenvalue weighted by Crippen LogP contribution is 2.24. The molecule has 0 radical (unpaired) electrons. The number of rotatable bonds is 4. The van der Waals surface area contributed by atoms with Crippen LogP contribution in [0.4, 0.5) is 4.79 Å². The fourth-order valence-electron chi connectivity index (χ4n) is 2.60. The van der Waals surface area contributed by atoms with Gasteiger partial charge in [0, 0.05) is 32.5 Å². The standard InChI is InChI=1S/C15H24N4O4/c1-14(2,3)23-13(22)17-15(12(20)21)5-7-19(10-15)9-11-16-6-8-18(11)4/h6,8H,5,7,9-10H2,1-4H3,(H,17,22)(H,20,21). The third-order valence-corrected chi connectivity index (χ3v) is 3.78. The minimum absolute atomic E-state index is 0.217. The van der Waals surface area contributed by atoms with Gasteiger partial charge in [0.2, 0.25) is 0 Å². The minimum atomic E-state index is -1.33. The summed E-state index contributed by atoms with van der Waals surface area (Å²) < 4.78 is 7.08. The van der Waals surface area contributed by atoms with Gasteiger partial charge in [0.1, 0.15) is 11.4 Å². The molecule has 1 aliphatic rings. The van der Waals surface area contributed by atoms with Crippen LogP contribution in [0.3, 0.4) is 0 Å². The number of carboxylic acids is 1. The van der Waals surface area contributed by atoms with Crippen molar-refractivity contribution >= 4 is 12.1 Å². The number of hydrogen-bond donors (Lipinski definition) is 2. The molecule has 2 N–H and O–H groups in total. The van der Waals surface area contributed by atoms with E-state index in [1.54, 1.807) is 27.0 Å². The Kier molecular flexibility index (Phi) is 4.65. The molecule has 1 aliphatic heterocycles. The van der Waals surface area contributed by atoms with Crippen molar-refractivity contribution in [2.24, 2.45) is 7.05 Å². The normalized spacial score (nSPS) is 22.1. The fourth-order valence-corrected chi connectivity index (χ4v) is 2.60. The summed E-state index contributed by atoms with van der Waals surface area (Å²) in [7, 11) is 1.89. The van der Waals surface area contributed by atoms with Gasteiger partial charge in [-0.2, -0.15) is 0 Å². The second-order valence-corrected chi connectivity index (χ2v) is 6.93. The molecule has 2 heterocycles. The highest BCUT2D eigenvalue weighted by molar-refractivity contribution is 5.85. The molecule has 1 fully saturated rings. The molecule has 8 heteroatoms. The van der Waals surface area contributed by atoms with Crippen LogP contribution in [0.5, 0.6) is 0 Å². The maximum atomic E-state index is 12.0. The second kappa shape index (κ2) is 6.19. The van der Waals surface area contributed by atoms with Crippen molar-refractivity contribution in [3.8, 4) is 0 Å². The lowest BCUT2D eigenvalue weighted by molar-refractivity contribution is -0.144. The predicted octanol–water partition coefficient (Wildman–Crippen LogP) is 0.974. The minimum Gasteiger partial charge on any atom is -0.479 e. The molecule has 1 aromatic heterocycles. The summed E-state index contributed by atoms with van der Waals surface area (Å²) in [5, 5.41) is 12.1. The predicted molar refractivity (Wildman–Crippen MR) is 82.8 cm³/mol. The van der Waals surface area contributed by atoms with E-state index in [-0.39, 0.29) is 6.54 Å². The molecular weight excluding hydrogens is 300 g/mol. The Hall–Kier alpha value is -2.09. The lowest BCUT2D eigenvalue weighted by Crippen LogP contribution is -2.57. The van der Waals surface area contributed by atoms with E-state index in [1.807, 2.05) is 22.7 Å². The molecule has 8 nitrogen and oxygen atoms in total. The smallest absolute Gasteiger partial charge is 0.408 e. The van der Waals surface area contributed by atoms with Crippen molar-refractivity contribution in [2.75, 3.05) is 13.1 Å². The number of imidazole rings is 1. The SMILES string of the molecule is Cn1ccnc1CN1CCC(NC(=O)OC(C)(C)C)(C(=O)O)C1. The lowest BCUT2D eigenvalue weighted by Gasteiger charge is -2.28. The fraction of sp³-hybridized carbons (Fsp3) is 0.667. The molecule has 0 aliphatic carbocycles. The first-order valence-electron chi connectivity index (χ1n) is 7.54. The van der Waals surface area contributed by atoms with Gasteiger partial charge in [-0.15, -0.1) is 0 Å². The number of carbonyl (C=O) groups excluding carboxylic acids is 1. The number of amides is 1. The monoisotopic (exact) mass is 324 g/mol. The maximum Gasteiger partial charge on any atom is 0.408 e. The van der Waals surface area contributed by atoms with E-state index in [0.717, 1.165) is 5.82 Å². The van der Waals surface area contributed by atoms with Gasteiger partial charge in [-0.3, -0.25) is 4.90 Å². The summed E-state index contributed by atoms with van der Waals surface area (Å²) in [6.45, 7) is 6.53. The molecule has 0 bridgehead atoms. The van der Waals surface area contributed by atoms with Gasteiger partial charge in [-0.05, 0) is 27.2 Å². The molecule has 1 aromatic rings. The number of alkyl carbamates (subject to hydrolysis) is 1. The first kappa shape index (κ1) is 17.3. The summed E-state index contributed by atoms with van der Waals surface area (Å²) >= 11 is 0. The Balaban J connectivity index is 2.04. The van der Waals surface area contributed by atoms with Crippen LogP contribution in [-0.2, 0) is 23.1 Å².